The highest BCUT2D eigenvalue weighted by atomic mass is 35.5. The van der Waals surface area contributed by atoms with Crippen molar-refractivity contribution in [1.82, 2.24) is 5.32 Å². The van der Waals surface area contributed by atoms with Crippen LogP contribution in [0.4, 0.5) is 0 Å². The summed E-state index contributed by atoms with van der Waals surface area (Å²) < 4.78 is 19.0. The molecular weight excluding hydrogens is 426 g/mol. The Morgan fingerprint density at radius 2 is 2.00 bits per heavy atom. The fourth-order valence-corrected chi connectivity index (χ4v) is 6.82. The van der Waals surface area contributed by atoms with Gasteiger partial charge < -0.3 is 19.5 Å². The molecule has 6 heteroatoms. The molecule has 2 aliphatic heterocycles. The van der Waals surface area contributed by atoms with Crippen LogP contribution in [0.25, 0.3) is 0 Å². The number of ketones is 1. The van der Waals surface area contributed by atoms with Crippen molar-refractivity contribution in [3.8, 4) is 11.5 Å². The predicted octanol–water partition coefficient (Wildman–Crippen LogP) is 3.78. The van der Waals surface area contributed by atoms with E-state index in [0.29, 0.717) is 13.0 Å². The van der Waals surface area contributed by atoms with E-state index in [1.54, 1.807) is 7.11 Å². The number of ether oxygens (including phenoxy) is 3. The number of carbonyl (C=O) groups excluding carboxylic acids is 1. The van der Waals surface area contributed by atoms with Gasteiger partial charge in [-0.2, -0.15) is 0 Å². The Morgan fingerprint density at radius 1 is 1.16 bits per heavy atom. The second-order valence-corrected chi connectivity index (χ2v) is 9.35. The molecule has 1 N–H and O–H groups in total. The van der Waals surface area contributed by atoms with Crippen molar-refractivity contribution in [3.05, 3.63) is 59.2 Å². The number of nitrogens with one attached hydrogen (secondary N) is 1. The Kier molecular flexibility index (Phi) is 5.47. The van der Waals surface area contributed by atoms with Crippen molar-refractivity contribution in [1.29, 1.82) is 0 Å². The van der Waals surface area contributed by atoms with Gasteiger partial charge in [0.1, 0.15) is 0 Å². The van der Waals surface area contributed by atoms with E-state index in [1.165, 1.54) is 16.7 Å². The summed E-state index contributed by atoms with van der Waals surface area (Å²) in [5, 5.41) is 3.75. The van der Waals surface area contributed by atoms with E-state index in [1.807, 2.05) is 6.07 Å². The van der Waals surface area contributed by atoms with Crippen molar-refractivity contribution in [2.24, 2.45) is 0 Å². The van der Waals surface area contributed by atoms with Crippen LogP contribution >= 0.6 is 12.4 Å². The maximum absolute atomic E-state index is 13.1. The first kappa shape index (κ1) is 21.7. The molecule has 32 heavy (non-hydrogen) atoms. The molecule has 2 aliphatic carbocycles. The van der Waals surface area contributed by atoms with E-state index >= 15 is 0 Å². The van der Waals surface area contributed by atoms with Gasteiger partial charge in [0.25, 0.3) is 0 Å². The molecule has 4 atom stereocenters. The lowest BCUT2D eigenvalue weighted by atomic mass is 9.49. The SMILES string of the molecule is COc1ccc2c3c1O[C@@H]1C(=O)CC[C@@]4(OCCCc5ccccc5)[C@@H](C2)NCC[C@]314.Cl. The van der Waals surface area contributed by atoms with Crippen molar-refractivity contribution >= 4 is 18.2 Å². The van der Waals surface area contributed by atoms with E-state index < -0.39 is 17.1 Å². The van der Waals surface area contributed by atoms with Crippen LogP contribution in [0.5, 0.6) is 11.5 Å². The largest absolute Gasteiger partial charge is 0.493 e. The topological polar surface area (TPSA) is 56.8 Å². The van der Waals surface area contributed by atoms with Gasteiger partial charge in [0.2, 0.25) is 0 Å². The first-order valence-electron chi connectivity index (χ1n) is 11.5. The molecule has 5 nitrogen and oxygen atoms in total. The molecule has 2 aromatic carbocycles. The summed E-state index contributed by atoms with van der Waals surface area (Å²) >= 11 is 0. The molecule has 2 bridgehead atoms. The summed E-state index contributed by atoms with van der Waals surface area (Å²) in [5.74, 6) is 1.71. The molecule has 0 radical (unpaired) electrons. The molecule has 1 spiro atoms. The Bertz CT molecular complexity index is 1030. The molecule has 2 heterocycles. The predicted molar refractivity (Wildman–Crippen MR) is 124 cm³/mol. The van der Waals surface area contributed by atoms with Gasteiger partial charge >= 0.3 is 0 Å². The molecule has 2 fully saturated rings. The molecule has 4 aliphatic rings. The number of Topliss-reactive ketones (excluding diaryl/α,β-unsaturated/α-hetero) is 1. The summed E-state index contributed by atoms with van der Waals surface area (Å²) in [6.07, 6.45) is 4.51. The summed E-state index contributed by atoms with van der Waals surface area (Å²) in [7, 11) is 1.67. The zero-order valence-corrected chi connectivity index (χ0v) is 19.2. The van der Waals surface area contributed by atoms with Gasteiger partial charge in [0.15, 0.2) is 23.4 Å². The van der Waals surface area contributed by atoms with Gasteiger partial charge in [-0.15, -0.1) is 12.4 Å². The number of benzene rings is 2. The Balaban J connectivity index is 0.00000216. The van der Waals surface area contributed by atoms with Crippen molar-refractivity contribution in [2.75, 3.05) is 20.3 Å². The summed E-state index contributed by atoms with van der Waals surface area (Å²) in [5.41, 5.74) is 2.97. The minimum absolute atomic E-state index is 0. The average molecular weight is 456 g/mol. The van der Waals surface area contributed by atoms with Crippen molar-refractivity contribution in [2.45, 2.75) is 61.7 Å². The summed E-state index contributed by atoms with van der Waals surface area (Å²) in [6, 6.07) is 14.9. The average Bonchev–Trinajstić information content (AvgIpc) is 3.14. The first-order chi connectivity index (χ1) is 15.2. The molecule has 0 unspecified atom stereocenters. The third kappa shape index (κ3) is 2.81. The van der Waals surface area contributed by atoms with E-state index in [2.05, 4.69) is 41.7 Å². The van der Waals surface area contributed by atoms with Crippen LogP contribution in [0.2, 0.25) is 0 Å². The van der Waals surface area contributed by atoms with Gasteiger partial charge in [-0.05, 0) is 55.8 Å². The van der Waals surface area contributed by atoms with Crippen molar-refractivity contribution < 1.29 is 19.0 Å². The standard InChI is InChI=1S/C26H29NO4.ClH/c1-29-20-10-9-18-16-21-26(30-15-5-8-17-6-3-2-4-7-17)12-11-19(28)24-25(26,13-14-27-21)22(18)23(20)31-24;/h2-4,6-7,9-10,21,24,27H,5,8,11-16H2,1H3;1H/t21-,24-,25+,26-;/m1./s1. The maximum atomic E-state index is 13.1. The van der Waals surface area contributed by atoms with Crippen LogP contribution in [0, 0.1) is 0 Å². The number of hydrogen-bond acceptors (Lipinski definition) is 5. The highest BCUT2D eigenvalue weighted by Crippen LogP contribution is 2.64. The molecular formula is C26H30ClNO4. The number of rotatable bonds is 6. The van der Waals surface area contributed by atoms with E-state index in [0.717, 1.165) is 50.1 Å². The highest BCUT2D eigenvalue weighted by molar-refractivity contribution is 5.90. The molecule has 1 saturated carbocycles. The van der Waals surface area contributed by atoms with E-state index in [4.69, 9.17) is 14.2 Å². The number of aryl methyl sites for hydroxylation is 1. The van der Waals surface area contributed by atoms with Crippen LogP contribution in [-0.4, -0.2) is 43.8 Å². The second-order valence-electron chi connectivity index (χ2n) is 9.35. The normalized spacial score (nSPS) is 31.3. The van der Waals surface area contributed by atoms with Gasteiger partial charge in [0.05, 0.1) is 18.1 Å². The lowest BCUT2D eigenvalue weighted by Crippen LogP contribution is -2.77. The number of halogens is 1. The van der Waals surface area contributed by atoms with Crippen LogP contribution in [0.1, 0.15) is 42.4 Å². The number of carbonyl (C=O) groups is 1. The minimum atomic E-state index is -0.467. The molecule has 6 rings (SSSR count). The highest BCUT2D eigenvalue weighted by Gasteiger charge is 2.73. The van der Waals surface area contributed by atoms with Crippen LogP contribution in [0.15, 0.2) is 42.5 Å². The van der Waals surface area contributed by atoms with Gasteiger partial charge in [-0.1, -0.05) is 36.4 Å². The molecule has 2 aromatic rings. The lowest BCUT2D eigenvalue weighted by Gasteiger charge is -2.61. The van der Waals surface area contributed by atoms with Crippen LogP contribution in [-0.2, 0) is 27.8 Å². The number of methoxy groups -OCH3 is 1. The van der Waals surface area contributed by atoms with Crippen LogP contribution < -0.4 is 14.8 Å². The van der Waals surface area contributed by atoms with Crippen LogP contribution in [0.3, 0.4) is 0 Å². The quantitative estimate of drug-likeness (QED) is 0.672. The molecule has 0 amide bonds. The number of hydrogen-bond donors (Lipinski definition) is 1. The summed E-state index contributed by atoms with van der Waals surface area (Å²) in [4.78, 5) is 13.1. The first-order valence-corrected chi connectivity index (χ1v) is 11.5. The fourth-order valence-electron chi connectivity index (χ4n) is 6.82. The zero-order valence-electron chi connectivity index (χ0n) is 18.4. The fraction of sp³-hybridized carbons (Fsp3) is 0.500. The van der Waals surface area contributed by atoms with Gasteiger partial charge in [0, 0.05) is 24.6 Å². The number of piperidine rings is 1. The summed E-state index contributed by atoms with van der Waals surface area (Å²) in [6.45, 7) is 1.56. The Hall–Kier alpha value is -2.08. The third-order valence-corrected chi connectivity index (χ3v) is 8.06. The van der Waals surface area contributed by atoms with E-state index in [-0.39, 0.29) is 24.2 Å². The van der Waals surface area contributed by atoms with E-state index in [9.17, 15) is 4.79 Å². The molecule has 170 valence electrons. The minimum Gasteiger partial charge on any atom is -0.493 e. The zero-order chi connectivity index (χ0) is 21.1. The Labute approximate surface area is 195 Å². The Morgan fingerprint density at radius 3 is 2.81 bits per heavy atom. The second kappa shape index (κ2) is 8.05. The third-order valence-electron chi connectivity index (χ3n) is 8.06. The molecule has 1 saturated heterocycles. The van der Waals surface area contributed by atoms with Gasteiger partial charge in [-0.3, -0.25) is 4.79 Å². The molecule has 0 aromatic heterocycles. The lowest BCUT2D eigenvalue weighted by molar-refractivity contribution is -0.189. The monoisotopic (exact) mass is 455 g/mol. The van der Waals surface area contributed by atoms with Gasteiger partial charge in [-0.25, -0.2) is 0 Å². The smallest absolute Gasteiger partial charge is 0.174 e. The van der Waals surface area contributed by atoms with Crippen molar-refractivity contribution in [3.63, 3.8) is 0 Å². The maximum Gasteiger partial charge on any atom is 0.174 e.